The van der Waals surface area contributed by atoms with Gasteiger partial charge in [0.25, 0.3) is 8.32 Å². The van der Waals surface area contributed by atoms with Crippen LogP contribution in [0.4, 0.5) is 0 Å². The second kappa shape index (κ2) is 12.5. The Morgan fingerprint density at radius 1 is 0.923 bits per heavy atom. The molecule has 0 spiro atoms. The van der Waals surface area contributed by atoms with Crippen LogP contribution in [-0.2, 0) is 13.9 Å². The number of methoxy groups -OCH3 is 2. The van der Waals surface area contributed by atoms with E-state index in [-0.39, 0.29) is 23.0 Å². The summed E-state index contributed by atoms with van der Waals surface area (Å²) >= 11 is 0. The maximum atomic E-state index is 7.23. The van der Waals surface area contributed by atoms with Crippen molar-refractivity contribution in [3.8, 4) is 11.5 Å². The molecule has 3 aromatic rings. The summed E-state index contributed by atoms with van der Waals surface area (Å²) in [4.78, 5) is 0. The molecule has 0 radical (unpaired) electrons. The predicted molar refractivity (Wildman–Crippen MR) is 160 cm³/mol. The fourth-order valence-electron chi connectivity index (χ4n) is 5.62. The lowest BCUT2D eigenvalue weighted by molar-refractivity contribution is -0.246. The number of ether oxygens (including phenoxy) is 4. The average Bonchev–Trinajstić information content (AvgIpc) is 2.97. The average molecular weight is 547 g/mol. The minimum atomic E-state index is -2.65. The molecular weight excluding hydrogens is 504 g/mol. The molecule has 5 nitrogen and oxygen atoms in total. The Balaban J connectivity index is 1.62. The first-order valence-corrected chi connectivity index (χ1v) is 15.5. The van der Waals surface area contributed by atoms with Crippen molar-refractivity contribution in [3.05, 3.63) is 97.1 Å². The highest BCUT2D eigenvalue weighted by Gasteiger charge is 2.50. The first kappa shape index (κ1) is 29.1. The zero-order valence-electron chi connectivity index (χ0n) is 24.1. The van der Waals surface area contributed by atoms with E-state index in [1.54, 1.807) is 14.2 Å². The Morgan fingerprint density at radius 3 is 2.03 bits per heavy atom. The van der Waals surface area contributed by atoms with E-state index in [0.29, 0.717) is 24.7 Å². The molecule has 208 valence electrons. The zero-order valence-corrected chi connectivity index (χ0v) is 25.1. The van der Waals surface area contributed by atoms with Crippen LogP contribution in [0.2, 0.25) is 5.04 Å². The van der Waals surface area contributed by atoms with Crippen molar-refractivity contribution in [1.82, 2.24) is 0 Å². The molecular formula is C33H42O5Si. The van der Waals surface area contributed by atoms with Gasteiger partial charge < -0.3 is 23.4 Å². The lowest BCUT2D eigenvalue weighted by Crippen LogP contribution is -2.67. The van der Waals surface area contributed by atoms with Gasteiger partial charge in [0, 0.05) is 24.0 Å². The van der Waals surface area contributed by atoms with Crippen LogP contribution >= 0.6 is 0 Å². The van der Waals surface area contributed by atoms with Gasteiger partial charge in [-0.1, -0.05) is 101 Å². The molecule has 1 heterocycles. The number of benzene rings is 3. The monoisotopic (exact) mass is 546 g/mol. The third kappa shape index (κ3) is 5.99. The van der Waals surface area contributed by atoms with Gasteiger partial charge in [-0.15, -0.1) is 6.58 Å². The molecule has 6 heteroatoms. The highest BCUT2D eigenvalue weighted by Crippen LogP contribution is 2.39. The lowest BCUT2D eigenvalue weighted by atomic mass is 9.92. The standard InChI is InChI=1S/C33H42O5Si/c1-8-25-23-36-32(26-19-20-29(34-6)30(21-26)35-7)38-31(25)24(2)22-37-39(33(3,4)5,27-15-11-9-12-16-27)28-17-13-10-14-18-28/h8-21,24-25,31-32H,1,22-23H2,2-7H3/t24-,25-,31+,32-/m1/s1. The van der Waals surface area contributed by atoms with Crippen LogP contribution in [0.3, 0.4) is 0 Å². The van der Waals surface area contributed by atoms with Gasteiger partial charge in [-0.05, 0) is 27.5 Å². The molecule has 1 saturated heterocycles. The van der Waals surface area contributed by atoms with Crippen molar-refractivity contribution in [2.75, 3.05) is 27.4 Å². The fourth-order valence-corrected chi connectivity index (χ4v) is 10.3. The van der Waals surface area contributed by atoms with Crippen molar-refractivity contribution in [3.63, 3.8) is 0 Å². The predicted octanol–water partition coefficient (Wildman–Crippen LogP) is 6.13. The van der Waals surface area contributed by atoms with Gasteiger partial charge in [-0.3, -0.25) is 0 Å². The van der Waals surface area contributed by atoms with Crippen LogP contribution in [0.5, 0.6) is 11.5 Å². The molecule has 1 aliphatic heterocycles. The van der Waals surface area contributed by atoms with Gasteiger partial charge in [-0.25, -0.2) is 0 Å². The fraction of sp³-hybridized carbons (Fsp3) is 0.394. The largest absolute Gasteiger partial charge is 0.493 e. The topological polar surface area (TPSA) is 46.2 Å². The SMILES string of the molecule is C=C[C@@H]1CO[C@@H](c2ccc(OC)c(OC)c2)O[C@H]1[C@H](C)CO[Si](c1ccccc1)(c1ccccc1)C(C)(C)C. The van der Waals surface area contributed by atoms with E-state index in [2.05, 4.69) is 94.9 Å². The van der Waals surface area contributed by atoms with Crippen LogP contribution in [0.25, 0.3) is 0 Å². The molecule has 1 aliphatic rings. The molecule has 0 N–H and O–H groups in total. The summed E-state index contributed by atoms with van der Waals surface area (Å²) in [6, 6.07) is 27.2. The molecule has 0 saturated carbocycles. The van der Waals surface area contributed by atoms with Crippen LogP contribution in [-0.4, -0.2) is 41.9 Å². The molecule has 3 aromatic carbocycles. The third-order valence-corrected chi connectivity index (χ3v) is 12.7. The molecule has 0 aromatic heterocycles. The van der Waals surface area contributed by atoms with Gasteiger partial charge in [0.05, 0.1) is 26.9 Å². The Hall–Kier alpha value is -2.90. The van der Waals surface area contributed by atoms with Crippen LogP contribution < -0.4 is 19.8 Å². The number of hydrogen-bond donors (Lipinski definition) is 0. The quantitative estimate of drug-likeness (QED) is 0.226. The van der Waals surface area contributed by atoms with Gasteiger partial charge in [0.2, 0.25) is 0 Å². The maximum Gasteiger partial charge on any atom is 0.261 e. The van der Waals surface area contributed by atoms with Crippen molar-refractivity contribution in [1.29, 1.82) is 0 Å². The second-order valence-corrected chi connectivity index (χ2v) is 15.5. The highest BCUT2D eigenvalue weighted by atomic mass is 28.4. The zero-order chi connectivity index (χ0) is 28.0. The van der Waals surface area contributed by atoms with Crippen molar-refractivity contribution < 1.29 is 23.4 Å². The van der Waals surface area contributed by atoms with Crippen LogP contribution in [0, 0.1) is 11.8 Å². The molecule has 4 atom stereocenters. The Labute approximate surface area is 234 Å². The van der Waals surface area contributed by atoms with E-state index in [9.17, 15) is 0 Å². The van der Waals surface area contributed by atoms with E-state index in [4.69, 9.17) is 23.4 Å². The Bertz CT molecular complexity index is 1170. The van der Waals surface area contributed by atoms with Crippen LogP contribution in [0.15, 0.2) is 91.5 Å². The molecule has 0 aliphatic carbocycles. The summed E-state index contributed by atoms with van der Waals surface area (Å²) in [5, 5.41) is 2.45. The number of rotatable bonds is 10. The smallest absolute Gasteiger partial charge is 0.261 e. The summed E-state index contributed by atoms with van der Waals surface area (Å²) in [5.74, 6) is 1.47. The maximum absolute atomic E-state index is 7.23. The van der Waals surface area contributed by atoms with Crippen molar-refractivity contribution >= 4 is 18.7 Å². The van der Waals surface area contributed by atoms with E-state index in [1.807, 2.05) is 24.3 Å². The van der Waals surface area contributed by atoms with Crippen molar-refractivity contribution in [2.45, 2.75) is 45.1 Å². The first-order chi connectivity index (χ1) is 18.7. The summed E-state index contributed by atoms with van der Waals surface area (Å²) in [5.41, 5.74) is 0.889. The van der Waals surface area contributed by atoms with Gasteiger partial charge >= 0.3 is 0 Å². The minimum Gasteiger partial charge on any atom is -0.493 e. The molecule has 4 rings (SSSR count). The van der Waals surface area contributed by atoms with Gasteiger partial charge in [0.1, 0.15) is 0 Å². The lowest BCUT2D eigenvalue weighted by Gasteiger charge is -2.45. The highest BCUT2D eigenvalue weighted by molar-refractivity contribution is 6.99. The Kier molecular flexibility index (Phi) is 9.34. The third-order valence-electron chi connectivity index (χ3n) is 7.67. The summed E-state index contributed by atoms with van der Waals surface area (Å²) in [6.45, 7) is 14.3. The van der Waals surface area contributed by atoms with E-state index in [0.717, 1.165) is 5.56 Å². The molecule has 0 amide bonds. The molecule has 0 unspecified atom stereocenters. The molecule has 0 bridgehead atoms. The Morgan fingerprint density at radius 2 is 1.51 bits per heavy atom. The van der Waals surface area contributed by atoms with E-state index < -0.39 is 14.6 Å². The van der Waals surface area contributed by atoms with Crippen molar-refractivity contribution in [2.24, 2.45) is 11.8 Å². The van der Waals surface area contributed by atoms with E-state index in [1.165, 1.54) is 10.4 Å². The van der Waals surface area contributed by atoms with Crippen LogP contribution in [0.1, 0.15) is 39.5 Å². The van der Waals surface area contributed by atoms with Gasteiger partial charge in [-0.2, -0.15) is 0 Å². The van der Waals surface area contributed by atoms with Gasteiger partial charge in [0.15, 0.2) is 17.8 Å². The molecule has 39 heavy (non-hydrogen) atoms. The minimum absolute atomic E-state index is 0.0548. The summed E-state index contributed by atoms with van der Waals surface area (Å²) < 4.78 is 30.9. The number of hydrogen-bond acceptors (Lipinski definition) is 5. The second-order valence-electron chi connectivity index (χ2n) is 11.2. The summed E-state index contributed by atoms with van der Waals surface area (Å²) in [7, 11) is 0.604. The first-order valence-electron chi connectivity index (χ1n) is 13.6. The summed E-state index contributed by atoms with van der Waals surface area (Å²) in [6.07, 6.45) is 1.31. The molecule has 1 fully saturated rings. The van der Waals surface area contributed by atoms with E-state index >= 15 is 0 Å². The normalized spacial score (nSPS) is 20.7.